The maximum Gasteiger partial charge on any atom is 0.266 e. The largest absolute Gasteiger partial charge is 0.382 e. The minimum Gasteiger partial charge on any atom is -0.382 e. The van der Waals surface area contributed by atoms with Crippen LogP contribution in [0.3, 0.4) is 0 Å². The van der Waals surface area contributed by atoms with Crippen LogP contribution in [0.15, 0.2) is 59.9 Å². The maximum absolute atomic E-state index is 13.9. The highest BCUT2D eigenvalue weighted by molar-refractivity contribution is 7.92. The highest BCUT2D eigenvalue weighted by atomic mass is 35.5. The van der Waals surface area contributed by atoms with Gasteiger partial charge in [0.1, 0.15) is 18.5 Å². The Morgan fingerprint density at radius 3 is 2.45 bits per heavy atom. The van der Waals surface area contributed by atoms with Crippen LogP contribution in [0.25, 0.3) is 11.0 Å². The molecule has 1 unspecified atom stereocenters. The lowest BCUT2D eigenvalue weighted by Crippen LogP contribution is -2.45. The average Bonchev–Trinajstić information content (AvgIpc) is 3.33. The number of nitrogens with zero attached hydrogens (tertiary/aromatic N) is 4. The van der Waals surface area contributed by atoms with Crippen LogP contribution in [0.1, 0.15) is 43.7 Å². The van der Waals surface area contributed by atoms with Gasteiger partial charge in [-0.05, 0) is 65.7 Å². The minimum atomic E-state index is -4.16. The predicted octanol–water partition coefficient (Wildman–Crippen LogP) is 6.78. The van der Waals surface area contributed by atoms with Crippen LogP contribution >= 0.6 is 23.2 Å². The van der Waals surface area contributed by atoms with Crippen LogP contribution in [0, 0.1) is 6.92 Å². The molecule has 0 amide bonds. The Kier molecular flexibility index (Phi) is 8.44. The standard InChI is InChI=1S/C28H34Cl2N4O4SSi/c1-18-14-20(8-9-23(18)30)39(36,37)33(17-38-5)24-15-19(29)16-32-25(24)26(35)21-10-12-31-27-22(21)11-13-34(27)40(6,7)28(2,3)4/h8-16,26,35H,17H2,1-7H3. The quantitative estimate of drug-likeness (QED) is 0.172. The molecule has 3 aromatic heterocycles. The van der Waals surface area contributed by atoms with Gasteiger partial charge in [-0.25, -0.2) is 17.7 Å². The van der Waals surface area contributed by atoms with Gasteiger partial charge >= 0.3 is 0 Å². The molecule has 4 rings (SSSR count). The second kappa shape index (κ2) is 11.1. The molecule has 0 radical (unpaired) electrons. The number of anilines is 1. The minimum absolute atomic E-state index is 0.0182. The van der Waals surface area contributed by atoms with Crippen molar-refractivity contribution in [1.82, 2.24) is 14.2 Å². The number of rotatable bonds is 8. The van der Waals surface area contributed by atoms with Crippen molar-refractivity contribution in [3.63, 3.8) is 0 Å². The van der Waals surface area contributed by atoms with Crippen LogP contribution in [-0.2, 0) is 14.8 Å². The summed E-state index contributed by atoms with van der Waals surface area (Å²) in [5, 5.41) is 13.2. The molecule has 0 aliphatic rings. The Morgan fingerprint density at radius 1 is 1.12 bits per heavy atom. The fourth-order valence-electron chi connectivity index (χ4n) is 4.40. The van der Waals surface area contributed by atoms with Crippen molar-refractivity contribution in [2.24, 2.45) is 0 Å². The molecule has 12 heteroatoms. The average molecular weight is 622 g/mol. The monoisotopic (exact) mass is 620 g/mol. The number of benzene rings is 1. The second-order valence-corrected chi connectivity index (χ2v) is 19.1. The maximum atomic E-state index is 13.9. The number of aliphatic hydroxyl groups excluding tert-OH is 1. The van der Waals surface area contributed by atoms with E-state index in [4.69, 9.17) is 27.9 Å². The molecule has 0 fully saturated rings. The first kappa shape index (κ1) is 30.5. The van der Waals surface area contributed by atoms with E-state index in [9.17, 15) is 13.5 Å². The fourth-order valence-corrected chi connectivity index (χ4v) is 8.01. The summed E-state index contributed by atoms with van der Waals surface area (Å²) in [6, 6.07) is 9.58. The van der Waals surface area contributed by atoms with E-state index in [1.54, 1.807) is 19.2 Å². The van der Waals surface area contributed by atoms with Crippen molar-refractivity contribution in [2.75, 3.05) is 18.1 Å². The van der Waals surface area contributed by atoms with Crippen molar-refractivity contribution < 1.29 is 18.3 Å². The Hall–Kier alpha value is -2.47. The molecule has 0 bridgehead atoms. The summed E-state index contributed by atoms with van der Waals surface area (Å²) < 4.78 is 36.3. The van der Waals surface area contributed by atoms with E-state index < -0.39 is 24.4 Å². The Bertz CT molecular complexity index is 1670. The highest BCUT2D eigenvalue weighted by Gasteiger charge is 2.39. The normalized spacial score (nSPS) is 13.6. The molecular formula is C28H34Cl2N4O4SSi. The summed E-state index contributed by atoms with van der Waals surface area (Å²) in [6.45, 7) is 12.6. The van der Waals surface area contributed by atoms with Crippen molar-refractivity contribution >= 4 is 58.2 Å². The molecule has 8 nitrogen and oxygen atoms in total. The topological polar surface area (TPSA) is 97.6 Å². The molecule has 214 valence electrons. The van der Waals surface area contributed by atoms with Crippen molar-refractivity contribution in [3.05, 3.63) is 81.9 Å². The number of hydrogen-bond acceptors (Lipinski definition) is 6. The first-order valence-corrected chi connectivity index (χ1v) is 17.8. The van der Waals surface area contributed by atoms with Crippen molar-refractivity contribution in [3.8, 4) is 0 Å². The lowest BCUT2D eigenvalue weighted by molar-refractivity contribution is 0.205. The number of aromatic nitrogens is 3. The van der Waals surface area contributed by atoms with Crippen LogP contribution in [-0.4, -0.2) is 49.8 Å². The summed E-state index contributed by atoms with van der Waals surface area (Å²) in [6.07, 6.45) is 3.77. The molecule has 1 aromatic carbocycles. The Labute approximate surface area is 246 Å². The van der Waals surface area contributed by atoms with Gasteiger partial charge < -0.3 is 14.1 Å². The summed E-state index contributed by atoms with van der Waals surface area (Å²) in [4.78, 5) is 9.09. The fraction of sp³-hybridized carbons (Fsp3) is 0.357. The highest BCUT2D eigenvalue weighted by Crippen LogP contribution is 2.41. The summed E-state index contributed by atoms with van der Waals surface area (Å²) >= 11 is 12.5. The number of pyridine rings is 2. The van der Waals surface area contributed by atoms with E-state index in [0.717, 1.165) is 15.3 Å². The zero-order valence-electron chi connectivity index (χ0n) is 23.6. The van der Waals surface area contributed by atoms with E-state index in [-0.39, 0.29) is 33.1 Å². The summed E-state index contributed by atoms with van der Waals surface area (Å²) in [5.41, 5.74) is 2.13. The number of halogens is 2. The molecule has 1 N–H and O–H groups in total. The van der Waals surface area contributed by atoms with Gasteiger partial charge in [0.15, 0.2) is 8.24 Å². The number of methoxy groups -OCH3 is 1. The first-order chi connectivity index (χ1) is 18.6. The zero-order chi connectivity index (χ0) is 29.6. The summed E-state index contributed by atoms with van der Waals surface area (Å²) in [5.74, 6) is 0. The van der Waals surface area contributed by atoms with Gasteiger partial charge in [-0.15, -0.1) is 0 Å². The number of aliphatic hydroxyl groups is 1. The van der Waals surface area contributed by atoms with Crippen LogP contribution in [0.4, 0.5) is 5.69 Å². The van der Waals surface area contributed by atoms with E-state index >= 15 is 0 Å². The predicted molar refractivity (Wildman–Crippen MR) is 163 cm³/mol. The molecule has 0 aliphatic heterocycles. The smallest absolute Gasteiger partial charge is 0.266 e. The molecule has 0 aliphatic carbocycles. The second-order valence-electron chi connectivity index (χ2n) is 11.3. The van der Waals surface area contributed by atoms with Gasteiger partial charge in [-0.2, -0.15) is 0 Å². The molecule has 3 heterocycles. The Balaban J connectivity index is 1.88. The van der Waals surface area contributed by atoms with E-state index in [2.05, 4.69) is 48.1 Å². The molecule has 4 aromatic rings. The van der Waals surface area contributed by atoms with Gasteiger partial charge in [0, 0.05) is 29.9 Å². The first-order valence-electron chi connectivity index (χ1n) is 12.7. The number of hydrogen-bond donors (Lipinski definition) is 1. The van der Waals surface area contributed by atoms with Gasteiger partial charge in [0.05, 0.1) is 21.3 Å². The van der Waals surface area contributed by atoms with Gasteiger partial charge in [0.25, 0.3) is 10.0 Å². The third-order valence-electron chi connectivity index (χ3n) is 7.71. The van der Waals surface area contributed by atoms with Gasteiger partial charge in [-0.1, -0.05) is 57.1 Å². The molecule has 0 saturated heterocycles. The van der Waals surface area contributed by atoms with Crippen LogP contribution < -0.4 is 4.31 Å². The van der Waals surface area contributed by atoms with Crippen molar-refractivity contribution in [2.45, 2.75) is 56.8 Å². The molecule has 0 spiro atoms. The Morgan fingerprint density at radius 2 is 1.82 bits per heavy atom. The molecular weight excluding hydrogens is 587 g/mol. The lowest BCUT2D eigenvalue weighted by Gasteiger charge is -2.38. The number of sulfonamides is 1. The molecule has 1 atom stereocenters. The van der Waals surface area contributed by atoms with E-state index in [1.807, 2.05) is 12.3 Å². The van der Waals surface area contributed by atoms with Gasteiger partial charge in [-0.3, -0.25) is 4.98 Å². The lowest BCUT2D eigenvalue weighted by atomic mass is 10.0. The van der Waals surface area contributed by atoms with Crippen LogP contribution in [0.2, 0.25) is 28.2 Å². The third-order valence-corrected chi connectivity index (χ3v) is 15.3. The molecule has 0 saturated carbocycles. The molecule has 40 heavy (non-hydrogen) atoms. The number of ether oxygens (including phenoxy) is 1. The van der Waals surface area contributed by atoms with Crippen molar-refractivity contribution in [1.29, 1.82) is 0 Å². The SMILES string of the molecule is COCN(c1cc(Cl)cnc1C(O)c1ccnc2c1ccn2[Si](C)(C)C(C)(C)C)S(=O)(=O)c1ccc(Cl)c(C)c1. The van der Waals surface area contributed by atoms with Crippen LogP contribution in [0.5, 0.6) is 0 Å². The van der Waals surface area contributed by atoms with E-state index in [0.29, 0.717) is 16.1 Å². The van der Waals surface area contributed by atoms with Gasteiger partial charge in [0.2, 0.25) is 0 Å². The number of fused-ring (bicyclic) bond motifs is 1. The number of aryl methyl sites for hydroxylation is 1. The van der Waals surface area contributed by atoms with E-state index in [1.165, 1.54) is 37.6 Å². The third kappa shape index (κ3) is 5.40. The zero-order valence-corrected chi connectivity index (χ0v) is 26.9. The summed E-state index contributed by atoms with van der Waals surface area (Å²) in [7, 11) is -4.79.